The van der Waals surface area contributed by atoms with Gasteiger partial charge in [-0.1, -0.05) is 55.1 Å². The van der Waals surface area contributed by atoms with Crippen molar-refractivity contribution in [3.63, 3.8) is 0 Å². The molecule has 21 heavy (non-hydrogen) atoms. The van der Waals surface area contributed by atoms with Gasteiger partial charge in [-0.3, -0.25) is 4.99 Å². The first kappa shape index (κ1) is 13.3. The highest BCUT2D eigenvalue weighted by atomic mass is 14.8. The second kappa shape index (κ2) is 5.71. The third-order valence-electron chi connectivity index (χ3n) is 3.40. The van der Waals surface area contributed by atoms with Crippen LogP contribution in [0.4, 0.5) is 0 Å². The maximum Gasteiger partial charge on any atom is 0.0971 e. The molecular weight excluding hydrogens is 256 g/mol. The third-order valence-corrected chi connectivity index (χ3v) is 3.40. The quantitative estimate of drug-likeness (QED) is 0.374. The van der Waals surface area contributed by atoms with Crippen LogP contribution in [0.5, 0.6) is 0 Å². The average Bonchev–Trinajstić information content (AvgIpc) is 2.54. The number of hydrogen-bond donors (Lipinski definition) is 0. The van der Waals surface area contributed by atoms with Crippen molar-refractivity contribution in [3.05, 3.63) is 73.0 Å². The monoisotopic (exact) mass is 272 g/mol. The first-order chi connectivity index (χ1) is 10.3. The Balaban J connectivity index is 2.45. The van der Waals surface area contributed by atoms with Crippen molar-refractivity contribution in [3.8, 4) is 0 Å². The highest BCUT2D eigenvalue weighted by molar-refractivity contribution is 6.09. The Morgan fingerprint density at radius 1 is 1.00 bits per heavy atom. The van der Waals surface area contributed by atoms with E-state index in [9.17, 15) is 0 Å². The Labute approximate surface area is 124 Å². The van der Waals surface area contributed by atoms with Crippen LogP contribution in [0.15, 0.2) is 72.3 Å². The minimum Gasteiger partial charge on any atom is -0.259 e. The van der Waals surface area contributed by atoms with Crippen LogP contribution < -0.4 is 0 Å². The molecule has 0 bridgehead atoms. The highest BCUT2D eigenvalue weighted by Crippen LogP contribution is 2.30. The summed E-state index contributed by atoms with van der Waals surface area (Å²) in [6.45, 7) is 5.68. The van der Waals surface area contributed by atoms with Crippen LogP contribution in [0, 0.1) is 0 Å². The Morgan fingerprint density at radius 3 is 2.38 bits per heavy atom. The molecule has 3 rings (SSSR count). The number of aliphatic imine (C=N–C) groups is 1. The average molecular weight is 272 g/mol. The number of allylic oxidation sites excluding steroid dienone is 2. The lowest BCUT2D eigenvalue weighted by Gasteiger charge is -2.09. The molecule has 102 valence electrons. The smallest absolute Gasteiger partial charge is 0.0971 e. The zero-order valence-electron chi connectivity index (χ0n) is 12.0. The molecule has 1 heterocycles. The summed E-state index contributed by atoms with van der Waals surface area (Å²) < 4.78 is 0. The molecular formula is C19H16N2. The van der Waals surface area contributed by atoms with Gasteiger partial charge in [-0.15, -0.1) is 0 Å². The van der Waals surface area contributed by atoms with Crippen molar-refractivity contribution in [1.82, 2.24) is 4.98 Å². The zero-order chi connectivity index (χ0) is 14.7. The number of fused-ring (bicyclic) bond motifs is 3. The fourth-order valence-corrected chi connectivity index (χ4v) is 2.53. The minimum absolute atomic E-state index is 0.828. The summed E-state index contributed by atoms with van der Waals surface area (Å²) in [5.41, 5.74) is 2.70. The number of rotatable bonds is 3. The molecule has 2 nitrogen and oxygen atoms in total. The molecule has 0 aliphatic rings. The molecule has 2 aromatic carbocycles. The molecule has 0 spiro atoms. The Morgan fingerprint density at radius 2 is 1.67 bits per heavy atom. The van der Waals surface area contributed by atoms with Gasteiger partial charge in [0.1, 0.15) is 0 Å². The van der Waals surface area contributed by atoms with E-state index in [2.05, 4.69) is 35.8 Å². The summed E-state index contributed by atoms with van der Waals surface area (Å²) in [7, 11) is 0. The Hall–Kier alpha value is -2.74. The van der Waals surface area contributed by atoms with Crippen LogP contribution in [-0.2, 0) is 0 Å². The van der Waals surface area contributed by atoms with E-state index in [1.807, 2.05) is 37.3 Å². The standard InChI is InChI=1S/C19H16N2/c1-3-9-18(20-4-2)19-16-12-6-5-10-14(16)15-11-7-8-13-17(15)21-19/h3-13H,1H2,2H3/b18-9-,20-4-. The number of nitrogens with zero attached hydrogens (tertiary/aromatic N) is 2. The molecule has 0 unspecified atom stereocenters. The highest BCUT2D eigenvalue weighted by Gasteiger charge is 2.10. The van der Waals surface area contributed by atoms with Crippen LogP contribution in [0.25, 0.3) is 27.4 Å². The van der Waals surface area contributed by atoms with E-state index in [0.717, 1.165) is 27.7 Å². The van der Waals surface area contributed by atoms with E-state index >= 15 is 0 Å². The Bertz CT molecular complexity index is 873. The van der Waals surface area contributed by atoms with Gasteiger partial charge in [0.2, 0.25) is 0 Å². The molecule has 0 aliphatic heterocycles. The van der Waals surface area contributed by atoms with Gasteiger partial charge in [0.25, 0.3) is 0 Å². The second-order valence-corrected chi connectivity index (χ2v) is 4.70. The molecule has 0 aliphatic carbocycles. The van der Waals surface area contributed by atoms with Crippen LogP contribution >= 0.6 is 0 Å². The van der Waals surface area contributed by atoms with Gasteiger partial charge < -0.3 is 0 Å². The maximum atomic E-state index is 4.81. The summed E-state index contributed by atoms with van der Waals surface area (Å²) >= 11 is 0. The molecule has 1 aromatic heterocycles. The van der Waals surface area contributed by atoms with Gasteiger partial charge in [0, 0.05) is 17.0 Å². The van der Waals surface area contributed by atoms with E-state index in [0.29, 0.717) is 0 Å². The van der Waals surface area contributed by atoms with Crippen molar-refractivity contribution in [2.24, 2.45) is 4.99 Å². The van der Waals surface area contributed by atoms with Crippen LogP contribution in [-0.4, -0.2) is 11.2 Å². The second-order valence-electron chi connectivity index (χ2n) is 4.70. The van der Waals surface area contributed by atoms with Gasteiger partial charge in [-0.05, 0) is 24.5 Å². The van der Waals surface area contributed by atoms with Crippen molar-refractivity contribution in [1.29, 1.82) is 0 Å². The van der Waals surface area contributed by atoms with Crippen LogP contribution in [0.1, 0.15) is 12.6 Å². The summed E-state index contributed by atoms with van der Waals surface area (Å²) in [4.78, 5) is 9.25. The van der Waals surface area contributed by atoms with Crippen molar-refractivity contribution in [2.45, 2.75) is 6.92 Å². The van der Waals surface area contributed by atoms with Gasteiger partial charge in [-0.25, -0.2) is 4.98 Å². The predicted octanol–water partition coefficient (Wildman–Crippen LogP) is 5.01. The molecule has 0 saturated carbocycles. The minimum atomic E-state index is 0.828. The van der Waals surface area contributed by atoms with Gasteiger partial charge in [0.05, 0.1) is 16.9 Å². The van der Waals surface area contributed by atoms with E-state index in [4.69, 9.17) is 4.98 Å². The van der Waals surface area contributed by atoms with Crippen LogP contribution in [0.3, 0.4) is 0 Å². The lowest BCUT2D eigenvalue weighted by Crippen LogP contribution is -1.92. The van der Waals surface area contributed by atoms with E-state index in [1.54, 1.807) is 12.3 Å². The largest absolute Gasteiger partial charge is 0.259 e. The topological polar surface area (TPSA) is 25.2 Å². The first-order valence-corrected chi connectivity index (χ1v) is 6.94. The van der Waals surface area contributed by atoms with Gasteiger partial charge >= 0.3 is 0 Å². The van der Waals surface area contributed by atoms with E-state index < -0.39 is 0 Å². The van der Waals surface area contributed by atoms with Gasteiger partial charge in [0.15, 0.2) is 0 Å². The summed E-state index contributed by atoms with van der Waals surface area (Å²) in [5, 5.41) is 3.46. The fourth-order valence-electron chi connectivity index (χ4n) is 2.53. The fraction of sp³-hybridized carbons (Fsp3) is 0.0526. The molecule has 0 radical (unpaired) electrons. The Kier molecular flexibility index (Phi) is 3.61. The summed E-state index contributed by atoms with van der Waals surface area (Å²) in [6.07, 6.45) is 5.42. The predicted molar refractivity (Wildman–Crippen MR) is 91.6 cm³/mol. The first-order valence-electron chi connectivity index (χ1n) is 6.94. The van der Waals surface area contributed by atoms with E-state index in [-0.39, 0.29) is 0 Å². The molecule has 0 fully saturated rings. The number of aromatic nitrogens is 1. The van der Waals surface area contributed by atoms with Crippen molar-refractivity contribution >= 4 is 33.6 Å². The zero-order valence-corrected chi connectivity index (χ0v) is 12.0. The van der Waals surface area contributed by atoms with Crippen molar-refractivity contribution < 1.29 is 0 Å². The summed E-state index contributed by atoms with van der Waals surface area (Å²) in [6, 6.07) is 16.5. The maximum absolute atomic E-state index is 4.81. The SMILES string of the molecule is C=C/C=C(\N=C/C)c1nc2ccccc2c2ccccc12. The van der Waals surface area contributed by atoms with Crippen molar-refractivity contribution in [2.75, 3.05) is 0 Å². The molecule has 2 heteroatoms. The molecule has 0 atom stereocenters. The molecule has 0 saturated heterocycles. The molecule has 0 amide bonds. The molecule has 0 N–H and O–H groups in total. The number of hydrogen-bond acceptors (Lipinski definition) is 2. The number of benzene rings is 2. The lowest BCUT2D eigenvalue weighted by molar-refractivity contribution is 1.35. The summed E-state index contributed by atoms with van der Waals surface area (Å²) in [5.74, 6) is 0. The number of para-hydroxylation sites is 1. The number of pyridine rings is 1. The third kappa shape index (κ3) is 2.36. The normalized spacial score (nSPS) is 12.3. The van der Waals surface area contributed by atoms with Crippen LogP contribution in [0.2, 0.25) is 0 Å². The lowest BCUT2D eigenvalue weighted by atomic mass is 10.0. The van der Waals surface area contributed by atoms with Gasteiger partial charge in [-0.2, -0.15) is 0 Å². The molecule has 3 aromatic rings. The van der Waals surface area contributed by atoms with E-state index in [1.165, 1.54) is 5.39 Å².